The van der Waals surface area contributed by atoms with Crippen LogP contribution in [0.3, 0.4) is 0 Å². The van der Waals surface area contributed by atoms with Gasteiger partial charge < -0.3 is 15.4 Å². The van der Waals surface area contributed by atoms with E-state index in [-0.39, 0.29) is 18.1 Å². The van der Waals surface area contributed by atoms with Gasteiger partial charge in [-0.15, -0.1) is 0 Å². The average molecular weight is 308 g/mol. The van der Waals surface area contributed by atoms with Crippen LogP contribution in [-0.2, 0) is 11.2 Å². The van der Waals surface area contributed by atoms with E-state index in [4.69, 9.17) is 10.5 Å². The molecule has 1 fully saturated rings. The average Bonchev–Trinajstić information content (AvgIpc) is 2.80. The van der Waals surface area contributed by atoms with Gasteiger partial charge in [-0.2, -0.15) is 0 Å². The highest BCUT2D eigenvalue weighted by Crippen LogP contribution is 2.42. The lowest BCUT2D eigenvalue weighted by Crippen LogP contribution is -2.54. The van der Waals surface area contributed by atoms with E-state index in [2.05, 4.69) is 0 Å². The summed E-state index contributed by atoms with van der Waals surface area (Å²) in [7, 11) is 0. The number of anilines is 1. The van der Waals surface area contributed by atoms with E-state index in [1.165, 1.54) is 0 Å². The molecule has 3 aliphatic rings. The Morgan fingerprint density at radius 3 is 2.61 bits per heavy atom. The molecule has 2 bridgehead atoms. The minimum Gasteiger partial charge on any atom is -0.488 e. The van der Waals surface area contributed by atoms with Gasteiger partial charge in [0.15, 0.2) is 0 Å². The molecular weight excluding hydrogens is 288 g/mol. The van der Waals surface area contributed by atoms with Gasteiger partial charge in [0.05, 0.1) is 11.7 Å². The largest absolute Gasteiger partial charge is 0.488 e. The summed E-state index contributed by atoms with van der Waals surface area (Å²) in [6.45, 7) is 0. The smallest absolute Gasteiger partial charge is 0.244 e. The van der Waals surface area contributed by atoms with Crippen LogP contribution >= 0.6 is 0 Å². The standard InChI is InChI=1S/C19H20N2O2/c20-16(10-13-6-2-1-3-7-13)19(22)21-14-11-15(12-14)23-18-9-5-4-8-17(18)21/h1-9,14-16H,10-12,20H2. The summed E-state index contributed by atoms with van der Waals surface area (Å²) in [4.78, 5) is 14.9. The van der Waals surface area contributed by atoms with Gasteiger partial charge in [0.25, 0.3) is 0 Å². The van der Waals surface area contributed by atoms with Gasteiger partial charge in [0, 0.05) is 18.9 Å². The normalized spacial score (nSPS) is 23.1. The third-order valence-corrected chi connectivity index (χ3v) is 4.71. The molecular formula is C19H20N2O2. The maximum absolute atomic E-state index is 13.0. The zero-order valence-corrected chi connectivity index (χ0v) is 12.9. The van der Waals surface area contributed by atoms with Crippen LogP contribution in [0.5, 0.6) is 5.75 Å². The lowest BCUT2D eigenvalue weighted by molar-refractivity contribution is -0.120. The van der Waals surface area contributed by atoms with Crippen LogP contribution in [0.4, 0.5) is 5.69 Å². The molecule has 2 aliphatic heterocycles. The van der Waals surface area contributed by atoms with Crippen molar-refractivity contribution in [3.05, 3.63) is 60.2 Å². The molecule has 0 aromatic heterocycles. The van der Waals surface area contributed by atoms with Crippen LogP contribution in [-0.4, -0.2) is 24.1 Å². The Kier molecular flexibility index (Phi) is 3.54. The fraction of sp³-hybridized carbons (Fsp3) is 0.316. The van der Waals surface area contributed by atoms with Gasteiger partial charge in [-0.1, -0.05) is 42.5 Å². The summed E-state index contributed by atoms with van der Waals surface area (Å²) in [5.74, 6) is 0.771. The lowest BCUT2D eigenvalue weighted by atomic mass is 9.87. The van der Waals surface area contributed by atoms with E-state index in [1.807, 2.05) is 59.5 Å². The predicted molar refractivity (Wildman–Crippen MR) is 89.5 cm³/mol. The number of rotatable bonds is 3. The maximum atomic E-state index is 13.0. The molecule has 0 spiro atoms. The highest BCUT2D eigenvalue weighted by Gasteiger charge is 2.43. The summed E-state index contributed by atoms with van der Waals surface area (Å²) in [6.07, 6.45) is 2.55. The predicted octanol–water partition coefficient (Wildman–Crippen LogP) is 2.51. The summed E-state index contributed by atoms with van der Waals surface area (Å²) in [6, 6.07) is 17.3. The summed E-state index contributed by atoms with van der Waals surface area (Å²) < 4.78 is 5.97. The molecule has 2 N–H and O–H groups in total. The Bertz CT molecular complexity index is 710. The molecule has 0 saturated heterocycles. The van der Waals surface area contributed by atoms with Gasteiger partial charge >= 0.3 is 0 Å². The Morgan fingerprint density at radius 1 is 1.13 bits per heavy atom. The van der Waals surface area contributed by atoms with Crippen molar-refractivity contribution in [1.82, 2.24) is 0 Å². The zero-order valence-electron chi connectivity index (χ0n) is 12.9. The molecule has 1 atom stereocenters. The van der Waals surface area contributed by atoms with Crippen molar-refractivity contribution in [2.45, 2.75) is 37.5 Å². The first-order valence-electron chi connectivity index (χ1n) is 8.10. The monoisotopic (exact) mass is 308 g/mol. The highest BCUT2D eigenvalue weighted by atomic mass is 16.5. The number of nitrogens with two attached hydrogens (primary N) is 1. The first kappa shape index (κ1) is 14.3. The van der Waals surface area contributed by atoms with Crippen molar-refractivity contribution < 1.29 is 9.53 Å². The molecule has 5 rings (SSSR count). The van der Waals surface area contributed by atoms with E-state index in [0.29, 0.717) is 6.42 Å². The quantitative estimate of drug-likeness (QED) is 0.948. The number of amides is 1. The number of ether oxygens (including phenoxy) is 1. The van der Waals surface area contributed by atoms with Gasteiger partial charge in [-0.05, 0) is 24.1 Å². The van der Waals surface area contributed by atoms with Crippen LogP contribution in [0.1, 0.15) is 18.4 Å². The van der Waals surface area contributed by atoms with Gasteiger partial charge in [-0.3, -0.25) is 4.79 Å². The molecule has 23 heavy (non-hydrogen) atoms. The second-order valence-electron chi connectivity index (χ2n) is 6.34. The van der Waals surface area contributed by atoms with Crippen molar-refractivity contribution in [2.75, 3.05) is 4.90 Å². The van der Waals surface area contributed by atoms with E-state index < -0.39 is 6.04 Å². The number of para-hydroxylation sites is 2. The Labute approximate surface area is 135 Å². The Hall–Kier alpha value is -2.33. The van der Waals surface area contributed by atoms with Crippen molar-refractivity contribution in [3.8, 4) is 5.75 Å². The SMILES string of the molecule is NC(Cc1ccccc1)C(=O)N1c2ccccc2OC2CC1C2. The molecule has 0 radical (unpaired) electrons. The molecule has 4 heteroatoms. The van der Waals surface area contributed by atoms with Crippen molar-refractivity contribution in [3.63, 3.8) is 0 Å². The second kappa shape index (κ2) is 5.70. The summed E-state index contributed by atoms with van der Waals surface area (Å²) >= 11 is 0. The van der Waals surface area contributed by atoms with E-state index >= 15 is 0 Å². The summed E-state index contributed by atoms with van der Waals surface area (Å²) in [5.41, 5.74) is 8.17. The number of nitrogens with zero attached hydrogens (tertiary/aromatic N) is 1. The van der Waals surface area contributed by atoms with Crippen LogP contribution < -0.4 is 15.4 Å². The fourth-order valence-electron chi connectivity index (χ4n) is 3.41. The molecule has 1 aliphatic carbocycles. The number of benzene rings is 2. The number of hydrogen-bond donors (Lipinski definition) is 1. The molecule has 118 valence electrons. The van der Waals surface area contributed by atoms with Crippen molar-refractivity contribution >= 4 is 11.6 Å². The minimum absolute atomic E-state index is 0.0183. The molecule has 2 aromatic carbocycles. The zero-order chi connectivity index (χ0) is 15.8. The van der Waals surface area contributed by atoms with Crippen LogP contribution in [0.25, 0.3) is 0 Å². The maximum Gasteiger partial charge on any atom is 0.244 e. The fourth-order valence-corrected chi connectivity index (χ4v) is 3.41. The van der Waals surface area contributed by atoms with E-state index in [9.17, 15) is 4.79 Å². The third kappa shape index (κ3) is 2.59. The molecule has 1 unspecified atom stereocenters. The van der Waals surface area contributed by atoms with Crippen LogP contribution in [0, 0.1) is 0 Å². The molecule has 1 amide bonds. The molecule has 1 saturated carbocycles. The lowest BCUT2D eigenvalue weighted by Gasteiger charge is -2.39. The number of carbonyl (C=O) groups is 1. The Balaban J connectivity index is 1.60. The highest BCUT2D eigenvalue weighted by molar-refractivity contribution is 5.99. The van der Waals surface area contributed by atoms with E-state index in [1.54, 1.807) is 0 Å². The molecule has 2 heterocycles. The minimum atomic E-state index is -0.539. The topological polar surface area (TPSA) is 55.6 Å². The summed E-state index contributed by atoms with van der Waals surface area (Å²) in [5, 5.41) is 0. The number of hydrogen-bond acceptors (Lipinski definition) is 3. The van der Waals surface area contributed by atoms with Crippen molar-refractivity contribution in [1.29, 1.82) is 0 Å². The molecule has 4 nitrogen and oxygen atoms in total. The molecule has 2 aromatic rings. The van der Waals surface area contributed by atoms with E-state index in [0.717, 1.165) is 29.8 Å². The van der Waals surface area contributed by atoms with Crippen molar-refractivity contribution in [2.24, 2.45) is 5.73 Å². The van der Waals surface area contributed by atoms with Crippen LogP contribution in [0.15, 0.2) is 54.6 Å². The second-order valence-corrected chi connectivity index (χ2v) is 6.34. The first-order chi connectivity index (χ1) is 11.2. The van der Waals surface area contributed by atoms with Crippen LogP contribution in [0.2, 0.25) is 0 Å². The third-order valence-electron chi connectivity index (χ3n) is 4.71. The number of carbonyl (C=O) groups excluding carboxylic acids is 1. The van der Waals surface area contributed by atoms with Gasteiger partial charge in [0.2, 0.25) is 5.91 Å². The van der Waals surface area contributed by atoms with Gasteiger partial charge in [-0.25, -0.2) is 0 Å². The van der Waals surface area contributed by atoms with Gasteiger partial charge in [0.1, 0.15) is 11.9 Å². The first-order valence-corrected chi connectivity index (χ1v) is 8.10. The Morgan fingerprint density at radius 2 is 1.83 bits per heavy atom.